The van der Waals surface area contributed by atoms with Crippen LogP contribution in [0.15, 0.2) is 53.4 Å². The number of hydrogen-bond acceptors (Lipinski definition) is 5. The summed E-state index contributed by atoms with van der Waals surface area (Å²) in [5.41, 5.74) is 1.16. The second-order valence-electron chi connectivity index (χ2n) is 11.9. The molecule has 1 aliphatic heterocycles. The fourth-order valence-electron chi connectivity index (χ4n) is 5.68. The molecule has 2 N–H and O–H groups in total. The van der Waals surface area contributed by atoms with Crippen molar-refractivity contribution in [1.29, 1.82) is 0 Å². The third kappa shape index (κ3) is 6.95. The third-order valence-electron chi connectivity index (χ3n) is 7.98. The predicted octanol–water partition coefficient (Wildman–Crippen LogP) is 4.14. The Kier molecular flexibility index (Phi) is 9.18. The van der Waals surface area contributed by atoms with Gasteiger partial charge >= 0.3 is 5.97 Å². The highest BCUT2D eigenvalue weighted by Gasteiger charge is 2.47. The molecule has 0 radical (unpaired) electrons. The summed E-state index contributed by atoms with van der Waals surface area (Å²) in [5.74, 6) is -3.03. The van der Waals surface area contributed by atoms with E-state index in [4.69, 9.17) is 0 Å². The molecule has 9 nitrogen and oxygen atoms in total. The van der Waals surface area contributed by atoms with Gasteiger partial charge in [-0.2, -0.15) is 4.31 Å². The number of carboxylic acid groups (broad SMARTS) is 1. The van der Waals surface area contributed by atoms with E-state index in [1.807, 2.05) is 32.9 Å². The Morgan fingerprint density at radius 2 is 1.59 bits per heavy atom. The molecule has 2 amide bonds. The maximum absolute atomic E-state index is 13.9. The van der Waals surface area contributed by atoms with Gasteiger partial charge in [-0.15, -0.1) is 0 Å². The molecular formula is C30H38FN3O6S. The number of carbonyl (C=O) groups is 3. The maximum Gasteiger partial charge on any atom is 0.305 e. The lowest BCUT2D eigenvalue weighted by molar-refractivity contribution is -0.138. The van der Waals surface area contributed by atoms with Gasteiger partial charge in [0.25, 0.3) is 11.8 Å². The SMILES string of the molecule is CC(C)(C)c1ccc(C(=O)N2CCN(S(=O)(=O)c3ccc(F)cc3)C2C(=O)NC(CC(=O)O)C2CCCCC2)cc1. The molecule has 1 saturated carbocycles. The average molecular weight is 588 g/mol. The van der Waals surface area contributed by atoms with Gasteiger partial charge in [-0.1, -0.05) is 52.2 Å². The maximum atomic E-state index is 13.9. The molecule has 0 spiro atoms. The average Bonchev–Trinajstić information content (AvgIpc) is 3.39. The van der Waals surface area contributed by atoms with Gasteiger partial charge in [-0.3, -0.25) is 14.4 Å². The fraction of sp³-hybridized carbons (Fsp3) is 0.500. The smallest absolute Gasteiger partial charge is 0.305 e. The van der Waals surface area contributed by atoms with Crippen LogP contribution in [-0.4, -0.2) is 65.8 Å². The van der Waals surface area contributed by atoms with Gasteiger partial charge in [0.15, 0.2) is 6.17 Å². The van der Waals surface area contributed by atoms with E-state index in [9.17, 15) is 32.3 Å². The standard InChI is InChI=1S/C30H38FN3O6S/c1-30(2,3)22-11-9-21(10-12-22)29(38)33-17-18-34(41(39,40)24-15-13-23(31)14-16-24)28(33)27(37)32-25(19-26(35)36)20-7-5-4-6-8-20/h9-16,20,25,28H,4-8,17-19H2,1-3H3,(H,32,37)(H,35,36). The van der Waals surface area contributed by atoms with Crippen molar-refractivity contribution in [2.24, 2.45) is 5.92 Å². The van der Waals surface area contributed by atoms with Crippen LogP contribution in [-0.2, 0) is 25.0 Å². The Bertz CT molecular complexity index is 1370. The van der Waals surface area contributed by atoms with Crippen LogP contribution in [0, 0.1) is 11.7 Å². The molecule has 1 heterocycles. The zero-order chi connectivity index (χ0) is 29.9. The summed E-state index contributed by atoms with van der Waals surface area (Å²) in [6, 6.07) is 10.5. The number of halogens is 1. The second-order valence-corrected chi connectivity index (χ2v) is 13.8. The van der Waals surface area contributed by atoms with Crippen LogP contribution in [0.25, 0.3) is 0 Å². The van der Waals surface area contributed by atoms with Crippen molar-refractivity contribution >= 4 is 27.8 Å². The van der Waals surface area contributed by atoms with Crippen LogP contribution < -0.4 is 5.32 Å². The number of benzene rings is 2. The summed E-state index contributed by atoms with van der Waals surface area (Å²) >= 11 is 0. The minimum absolute atomic E-state index is 0.0502. The van der Waals surface area contributed by atoms with Crippen LogP contribution in [0.2, 0.25) is 0 Å². The minimum atomic E-state index is -4.31. The van der Waals surface area contributed by atoms with E-state index in [2.05, 4.69) is 5.32 Å². The second kappa shape index (κ2) is 12.3. The predicted molar refractivity (Wildman–Crippen MR) is 151 cm³/mol. The highest BCUT2D eigenvalue weighted by Crippen LogP contribution is 2.30. The van der Waals surface area contributed by atoms with Crippen molar-refractivity contribution in [2.75, 3.05) is 13.1 Å². The zero-order valence-electron chi connectivity index (χ0n) is 23.7. The molecule has 2 aromatic rings. The van der Waals surface area contributed by atoms with Gasteiger partial charge in [0.05, 0.1) is 11.3 Å². The largest absolute Gasteiger partial charge is 0.481 e. The molecule has 2 aliphatic rings. The van der Waals surface area contributed by atoms with Gasteiger partial charge in [0, 0.05) is 24.7 Å². The van der Waals surface area contributed by atoms with Crippen LogP contribution in [0.4, 0.5) is 4.39 Å². The minimum Gasteiger partial charge on any atom is -0.481 e. The van der Waals surface area contributed by atoms with E-state index in [0.717, 1.165) is 66.2 Å². The van der Waals surface area contributed by atoms with Crippen LogP contribution in [0.5, 0.6) is 0 Å². The first kappa shape index (κ1) is 30.6. The van der Waals surface area contributed by atoms with Crippen molar-refractivity contribution in [3.05, 3.63) is 65.5 Å². The molecule has 11 heteroatoms. The number of carbonyl (C=O) groups excluding carboxylic acids is 2. The van der Waals surface area contributed by atoms with E-state index in [1.165, 1.54) is 4.90 Å². The first-order valence-corrected chi connectivity index (χ1v) is 15.4. The summed E-state index contributed by atoms with van der Waals surface area (Å²) in [6.45, 7) is 5.93. The molecular weight excluding hydrogens is 549 g/mol. The molecule has 0 bridgehead atoms. The van der Waals surface area contributed by atoms with Crippen molar-refractivity contribution in [2.45, 2.75) is 81.8 Å². The highest BCUT2D eigenvalue weighted by molar-refractivity contribution is 7.89. The Labute approximate surface area is 240 Å². The summed E-state index contributed by atoms with van der Waals surface area (Å²) in [6.07, 6.45) is 2.52. The monoisotopic (exact) mass is 587 g/mol. The summed E-state index contributed by atoms with van der Waals surface area (Å²) in [7, 11) is -4.31. The number of aliphatic carboxylic acids is 1. The van der Waals surface area contributed by atoms with Crippen LogP contribution in [0.3, 0.4) is 0 Å². The van der Waals surface area contributed by atoms with E-state index in [-0.39, 0.29) is 35.7 Å². The third-order valence-corrected chi connectivity index (χ3v) is 9.85. The number of rotatable bonds is 8. The van der Waals surface area contributed by atoms with Gasteiger partial charge in [-0.05, 0) is 66.1 Å². The number of amides is 2. The molecule has 2 aromatic carbocycles. The lowest BCUT2D eigenvalue weighted by atomic mass is 9.82. The lowest BCUT2D eigenvalue weighted by Gasteiger charge is -2.34. The van der Waals surface area contributed by atoms with E-state index < -0.39 is 45.8 Å². The molecule has 0 aromatic heterocycles. The Morgan fingerprint density at radius 1 is 0.976 bits per heavy atom. The fourth-order valence-corrected chi connectivity index (χ4v) is 7.23. The van der Waals surface area contributed by atoms with Crippen LogP contribution in [0.1, 0.15) is 75.2 Å². The van der Waals surface area contributed by atoms with E-state index in [1.54, 1.807) is 12.1 Å². The summed E-state index contributed by atoms with van der Waals surface area (Å²) < 4.78 is 41.9. The Balaban J connectivity index is 1.68. The molecule has 222 valence electrons. The number of sulfonamides is 1. The molecule has 4 rings (SSSR count). The van der Waals surface area contributed by atoms with E-state index >= 15 is 0 Å². The normalized spacial score (nSPS) is 19.6. The van der Waals surface area contributed by atoms with E-state index in [0.29, 0.717) is 5.56 Å². The highest BCUT2D eigenvalue weighted by atomic mass is 32.2. The Hall–Kier alpha value is -3.31. The van der Waals surface area contributed by atoms with Crippen molar-refractivity contribution in [1.82, 2.24) is 14.5 Å². The van der Waals surface area contributed by atoms with Gasteiger partial charge < -0.3 is 15.3 Å². The Morgan fingerprint density at radius 3 is 2.15 bits per heavy atom. The lowest BCUT2D eigenvalue weighted by Crippen LogP contribution is -2.56. The number of hydrogen-bond donors (Lipinski definition) is 2. The van der Waals surface area contributed by atoms with Gasteiger partial charge in [-0.25, -0.2) is 12.8 Å². The molecule has 2 unspecified atom stereocenters. The molecule has 2 fully saturated rings. The summed E-state index contributed by atoms with van der Waals surface area (Å²) in [5, 5.41) is 12.4. The molecule has 41 heavy (non-hydrogen) atoms. The topological polar surface area (TPSA) is 124 Å². The first-order valence-electron chi connectivity index (χ1n) is 14.0. The van der Waals surface area contributed by atoms with Gasteiger partial charge in [0.2, 0.25) is 10.0 Å². The van der Waals surface area contributed by atoms with Crippen molar-refractivity contribution < 1.29 is 32.3 Å². The van der Waals surface area contributed by atoms with Crippen molar-refractivity contribution in [3.63, 3.8) is 0 Å². The molecule has 2 atom stereocenters. The van der Waals surface area contributed by atoms with Crippen molar-refractivity contribution in [3.8, 4) is 0 Å². The first-order chi connectivity index (χ1) is 19.3. The van der Waals surface area contributed by atoms with Crippen LogP contribution >= 0.6 is 0 Å². The quantitative estimate of drug-likeness (QED) is 0.479. The zero-order valence-corrected chi connectivity index (χ0v) is 24.5. The number of nitrogens with zero attached hydrogens (tertiary/aromatic N) is 2. The molecule has 1 saturated heterocycles. The van der Waals surface area contributed by atoms with Gasteiger partial charge in [0.1, 0.15) is 5.82 Å². The number of carboxylic acids is 1. The number of nitrogens with one attached hydrogen (secondary N) is 1. The summed E-state index contributed by atoms with van der Waals surface area (Å²) in [4.78, 5) is 40.3. The molecule has 1 aliphatic carbocycles.